The van der Waals surface area contributed by atoms with E-state index in [1.807, 2.05) is 24.3 Å². The van der Waals surface area contributed by atoms with Crippen molar-refractivity contribution < 1.29 is 9.18 Å². The normalized spacial score (nSPS) is 14.0. The molecule has 0 spiro atoms. The number of hydrogen-bond acceptors (Lipinski definition) is 5. The summed E-state index contributed by atoms with van der Waals surface area (Å²) in [6, 6.07) is 17.3. The summed E-state index contributed by atoms with van der Waals surface area (Å²) in [4.78, 5) is 14.8. The topological polar surface area (TPSA) is 75.4 Å². The van der Waals surface area contributed by atoms with Gasteiger partial charge < -0.3 is 10.2 Å². The number of amides is 1. The van der Waals surface area contributed by atoms with Gasteiger partial charge in [0, 0.05) is 12.2 Å². The highest BCUT2D eigenvalue weighted by Gasteiger charge is 2.28. The van der Waals surface area contributed by atoms with Gasteiger partial charge in [-0.3, -0.25) is 4.79 Å². The molecule has 150 valence electrons. The zero-order valence-corrected chi connectivity index (χ0v) is 16.3. The van der Waals surface area contributed by atoms with E-state index in [0.717, 1.165) is 12.1 Å². The van der Waals surface area contributed by atoms with Crippen LogP contribution in [0.15, 0.2) is 60.7 Å². The molecule has 2 aromatic heterocycles. The van der Waals surface area contributed by atoms with E-state index in [-0.39, 0.29) is 5.91 Å². The molecule has 0 fully saturated rings. The number of para-hydroxylation sites is 1. The molecule has 0 saturated heterocycles. The molecule has 0 saturated carbocycles. The van der Waals surface area contributed by atoms with Crippen molar-refractivity contribution in [2.45, 2.75) is 19.4 Å². The first-order valence-electron chi connectivity index (χ1n) is 9.75. The Balaban J connectivity index is 1.41. The molecule has 1 aliphatic heterocycles. The summed E-state index contributed by atoms with van der Waals surface area (Å²) in [5.41, 5.74) is 2.94. The molecule has 1 atom stereocenters. The summed E-state index contributed by atoms with van der Waals surface area (Å²) in [6.07, 6.45) is 0.853. The molecule has 7 nitrogen and oxygen atoms in total. The van der Waals surface area contributed by atoms with Gasteiger partial charge in [0.25, 0.3) is 0 Å². The molecule has 1 N–H and O–H groups in total. The Hall–Kier alpha value is -3.81. The average Bonchev–Trinajstić information content (AvgIpc) is 3.37. The lowest BCUT2D eigenvalue weighted by molar-refractivity contribution is -0.118. The first-order valence-corrected chi connectivity index (χ1v) is 9.75. The van der Waals surface area contributed by atoms with Gasteiger partial charge in [0.2, 0.25) is 5.91 Å². The molecule has 0 bridgehead atoms. The van der Waals surface area contributed by atoms with Gasteiger partial charge in [0.15, 0.2) is 11.5 Å². The third-order valence-electron chi connectivity index (χ3n) is 5.27. The third kappa shape index (κ3) is 3.06. The number of aromatic nitrogens is 4. The highest BCUT2D eigenvalue weighted by molar-refractivity contribution is 6.00. The van der Waals surface area contributed by atoms with Crippen LogP contribution in [0.1, 0.15) is 12.5 Å². The summed E-state index contributed by atoms with van der Waals surface area (Å²) in [5.74, 6) is 0.357. The minimum atomic E-state index is -0.491. The van der Waals surface area contributed by atoms with Crippen molar-refractivity contribution >= 4 is 23.1 Å². The Bertz CT molecular complexity index is 1250. The minimum Gasteiger partial charge on any atom is -0.357 e. The molecule has 1 unspecified atom stereocenters. The van der Waals surface area contributed by atoms with E-state index in [1.54, 1.807) is 42.2 Å². The number of carbonyl (C=O) groups excluding carboxylic acids is 1. The number of rotatable bonds is 4. The molecule has 8 heteroatoms. The lowest BCUT2D eigenvalue weighted by atomic mass is 10.2. The number of benzene rings is 2. The average molecular weight is 402 g/mol. The molecular weight excluding hydrogens is 383 g/mol. The van der Waals surface area contributed by atoms with Crippen molar-refractivity contribution in [1.29, 1.82) is 0 Å². The molecule has 1 amide bonds. The van der Waals surface area contributed by atoms with Crippen LogP contribution in [0.5, 0.6) is 0 Å². The fourth-order valence-electron chi connectivity index (χ4n) is 3.76. The molecule has 0 radical (unpaired) electrons. The second kappa shape index (κ2) is 7.22. The van der Waals surface area contributed by atoms with E-state index in [0.29, 0.717) is 29.4 Å². The van der Waals surface area contributed by atoms with Crippen LogP contribution in [-0.4, -0.2) is 38.3 Å². The quantitative estimate of drug-likeness (QED) is 0.567. The zero-order chi connectivity index (χ0) is 20.7. The standard InChI is InChI=1S/C22H19FN6O/c1-14(22(30)28-13-12-15-6-2-5-9-18(15)28)24-19-10-11-20-25-26-21(29(20)27-19)16-7-3-4-8-17(16)23/h2-11,14H,12-13H2,1H3,(H,24,27). The number of fused-ring (bicyclic) bond motifs is 2. The van der Waals surface area contributed by atoms with E-state index < -0.39 is 11.9 Å². The van der Waals surface area contributed by atoms with Gasteiger partial charge in [-0.25, -0.2) is 4.39 Å². The second-order valence-corrected chi connectivity index (χ2v) is 7.23. The monoisotopic (exact) mass is 402 g/mol. The smallest absolute Gasteiger partial charge is 0.249 e. The molecule has 1 aliphatic rings. The third-order valence-corrected chi connectivity index (χ3v) is 5.27. The summed E-state index contributed by atoms with van der Waals surface area (Å²) >= 11 is 0. The van der Waals surface area contributed by atoms with Gasteiger partial charge in [-0.2, -0.15) is 4.52 Å². The number of anilines is 2. The van der Waals surface area contributed by atoms with E-state index in [9.17, 15) is 9.18 Å². The van der Waals surface area contributed by atoms with Crippen LogP contribution in [0.25, 0.3) is 17.0 Å². The number of hydrogen-bond donors (Lipinski definition) is 1. The van der Waals surface area contributed by atoms with Gasteiger partial charge in [0.1, 0.15) is 17.7 Å². The Morgan fingerprint density at radius 3 is 2.73 bits per heavy atom. The molecular formula is C22H19FN6O. The second-order valence-electron chi connectivity index (χ2n) is 7.23. The number of carbonyl (C=O) groups is 1. The maximum atomic E-state index is 14.2. The van der Waals surface area contributed by atoms with E-state index in [2.05, 4.69) is 20.6 Å². The highest BCUT2D eigenvalue weighted by atomic mass is 19.1. The van der Waals surface area contributed by atoms with Gasteiger partial charge in [-0.15, -0.1) is 15.3 Å². The van der Waals surface area contributed by atoms with E-state index in [1.165, 1.54) is 16.1 Å². The molecule has 0 aliphatic carbocycles. The number of halogens is 1. The lowest BCUT2D eigenvalue weighted by Crippen LogP contribution is -2.40. The van der Waals surface area contributed by atoms with Crippen molar-refractivity contribution in [3.8, 4) is 11.4 Å². The Morgan fingerprint density at radius 2 is 1.87 bits per heavy atom. The molecule has 2 aromatic carbocycles. The molecule has 5 rings (SSSR count). The van der Waals surface area contributed by atoms with Gasteiger partial charge >= 0.3 is 0 Å². The fraction of sp³-hybridized carbons (Fsp3) is 0.182. The predicted octanol–water partition coefficient (Wildman–Crippen LogP) is 3.32. The summed E-state index contributed by atoms with van der Waals surface area (Å²) in [7, 11) is 0. The molecule has 30 heavy (non-hydrogen) atoms. The molecule has 4 aromatic rings. The van der Waals surface area contributed by atoms with Crippen molar-refractivity contribution in [2.24, 2.45) is 0 Å². The SMILES string of the molecule is CC(Nc1ccc2nnc(-c3ccccc3F)n2n1)C(=O)N1CCc2ccccc21. The maximum absolute atomic E-state index is 14.2. The largest absolute Gasteiger partial charge is 0.357 e. The van der Waals surface area contributed by atoms with Crippen molar-refractivity contribution in [3.63, 3.8) is 0 Å². The first kappa shape index (κ1) is 18.2. The first-order chi connectivity index (χ1) is 14.6. The van der Waals surface area contributed by atoms with Gasteiger partial charge in [0.05, 0.1) is 5.56 Å². The van der Waals surface area contributed by atoms with E-state index >= 15 is 0 Å². The Kier molecular flexibility index (Phi) is 4.39. The lowest BCUT2D eigenvalue weighted by Gasteiger charge is -2.22. The number of nitrogens with zero attached hydrogens (tertiary/aromatic N) is 5. The van der Waals surface area contributed by atoms with Crippen molar-refractivity contribution in [3.05, 3.63) is 72.0 Å². The van der Waals surface area contributed by atoms with Crippen LogP contribution in [0, 0.1) is 5.82 Å². The number of nitrogens with one attached hydrogen (secondary N) is 1. The van der Waals surface area contributed by atoms with Crippen LogP contribution >= 0.6 is 0 Å². The predicted molar refractivity (Wildman–Crippen MR) is 112 cm³/mol. The fourth-order valence-corrected chi connectivity index (χ4v) is 3.76. The summed E-state index contributed by atoms with van der Waals surface area (Å²) in [6.45, 7) is 2.47. The minimum absolute atomic E-state index is 0.0278. The van der Waals surface area contributed by atoms with Crippen LogP contribution in [0.3, 0.4) is 0 Å². The van der Waals surface area contributed by atoms with E-state index in [4.69, 9.17) is 0 Å². The summed E-state index contributed by atoms with van der Waals surface area (Å²) < 4.78 is 15.7. The van der Waals surface area contributed by atoms with Crippen molar-refractivity contribution in [2.75, 3.05) is 16.8 Å². The Morgan fingerprint density at radius 1 is 1.07 bits per heavy atom. The Labute approximate surface area is 172 Å². The van der Waals surface area contributed by atoms with Crippen molar-refractivity contribution in [1.82, 2.24) is 19.8 Å². The van der Waals surface area contributed by atoms with Crippen LogP contribution < -0.4 is 10.2 Å². The van der Waals surface area contributed by atoms with Crippen LogP contribution in [0.2, 0.25) is 0 Å². The zero-order valence-electron chi connectivity index (χ0n) is 16.3. The van der Waals surface area contributed by atoms with Crippen LogP contribution in [0.4, 0.5) is 15.9 Å². The van der Waals surface area contributed by atoms with Gasteiger partial charge in [-0.1, -0.05) is 30.3 Å². The summed E-state index contributed by atoms with van der Waals surface area (Å²) in [5, 5.41) is 15.8. The highest BCUT2D eigenvalue weighted by Crippen LogP contribution is 2.28. The maximum Gasteiger partial charge on any atom is 0.249 e. The van der Waals surface area contributed by atoms with Crippen LogP contribution in [-0.2, 0) is 11.2 Å². The van der Waals surface area contributed by atoms with Gasteiger partial charge in [-0.05, 0) is 49.2 Å². The molecule has 3 heterocycles.